The molecule has 1 atom stereocenters. The van der Waals surface area contributed by atoms with Crippen LogP contribution in [0, 0.1) is 0 Å². The molecule has 0 aliphatic carbocycles. The van der Waals surface area contributed by atoms with Crippen molar-refractivity contribution >= 4 is 19.3 Å². The van der Waals surface area contributed by atoms with Crippen molar-refractivity contribution in [2.45, 2.75) is 32.5 Å². The van der Waals surface area contributed by atoms with Crippen molar-refractivity contribution < 1.29 is 23.5 Å². The number of carbonyl (C=O) groups is 1. The summed E-state index contributed by atoms with van der Waals surface area (Å²) in [6, 6.07) is 15.6. The first-order valence-electron chi connectivity index (χ1n) is 9.03. The van der Waals surface area contributed by atoms with Crippen molar-refractivity contribution in [3.05, 3.63) is 65.7 Å². The number of hydrogen-bond donors (Lipinski definition) is 2. The lowest BCUT2D eigenvalue weighted by Gasteiger charge is -2.28. The van der Waals surface area contributed by atoms with E-state index >= 15 is 0 Å². The summed E-state index contributed by atoms with van der Waals surface area (Å²) in [5.74, 6) is -1.77. The Kier molecular flexibility index (Phi) is 8.04. The van der Waals surface area contributed by atoms with Crippen LogP contribution in [0.3, 0.4) is 0 Å². The monoisotopic (exact) mass is 391 g/mol. The topological polar surface area (TPSA) is 84.9 Å². The molecule has 0 amide bonds. The fourth-order valence-corrected chi connectivity index (χ4v) is 4.59. The highest BCUT2D eigenvalue weighted by Gasteiger charge is 2.37. The Morgan fingerprint density at radius 3 is 2.22 bits per heavy atom. The third-order valence-electron chi connectivity index (χ3n) is 3.80. The maximum atomic E-state index is 13.6. The van der Waals surface area contributed by atoms with E-state index in [-0.39, 0.29) is 5.56 Å². The van der Waals surface area contributed by atoms with E-state index in [0.717, 1.165) is 5.56 Å². The lowest BCUT2D eigenvalue weighted by Crippen LogP contribution is -2.16. The number of anilines is 1. The van der Waals surface area contributed by atoms with Gasteiger partial charge in [-0.2, -0.15) is 0 Å². The first-order valence-corrected chi connectivity index (χ1v) is 10.6. The van der Waals surface area contributed by atoms with Crippen LogP contribution < -0.4 is 5.32 Å². The summed E-state index contributed by atoms with van der Waals surface area (Å²) in [5, 5.41) is 12.4. The summed E-state index contributed by atoms with van der Waals surface area (Å²) in [4.78, 5) is 11.3. The summed E-state index contributed by atoms with van der Waals surface area (Å²) in [7, 11) is -3.55. The molecule has 0 fully saturated rings. The van der Waals surface area contributed by atoms with Gasteiger partial charge in [0.25, 0.3) is 0 Å². The smallest absolute Gasteiger partial charge is 0.357 e. The number of carboxylic acids is 1. The maximum Gasteiger partial charge on any atom is 0.357 e. The first kappa shape index (κ1) is 21.2. The Morgan fingerprint density at radius 1 is 1.04 bits per heavy atom. The van der Waals surface area contributed by atoms with Gasteiger partial charge < -0.3 is 19.5 Å². The van der Waals surface area contributed by atoms with Crippen LogP contribution in [0.15, 0.2) is 54.6 Å². The van der Waals surface area contributed by atoms with E-state index in [1.165, 1.54) is 12.1 Å². The summed E-state index contributed by atoms with van der Waals surface area (Å²) in [6.45, 7) is 4.49. The van der Waals surface area contributed by atoms with Crippen molar-refractivity contribution in [2.75, 3.05) is 18.5 Å². The molecule has 0 aliphatic rings. The van der Waals surface area contributed by atoms with E-state index in [1.807, 2.05) is 44.2 Å². The Bertz CT molecular complexity index is 769. The second-order valence-corrected chi connectivity index (χ2v) is 8.16. The molecule has 0 heterocycles. The van der Waals surface area contributed by atoms with Crippen LogP contribution in [0.5, 0.6) is 0 Å². The number of rotatable bonds is 11. The van der Waals surface area contributed by atoms with Gasteiger partial charge in [-0.15, -0.1) is 0 Å². The van der Waals surface area contributed by atoms with Crippen molar-refractivity contribution in [1.82, 2.24) is 0 Å². The van der Waals surface area contributed by atoms with Crippen LogP contribution in [-0.2, 0) is 13.6 Å². The van der Waals surface area contributed by atoms with E-state index in [9.17, 15) is 14.5 Å². The average Bonchev–Trinajstić information content (AvgIpc) is 2.69. The standard InChI is InChI=1S/C20H26NO5P/c1-3-13-25-27(24,26-14-4-2)19(16-9-6-5-7-10-16)21-18-12-8-11-17(15-18)20(22)23/h5-12,15,19,21H,3-4,13-14H2,1-2H3,(H,22,23)/t19-/m1/s1. The first-order chi connectivity index (χ1) is 13.0. The van der Waals surface area contributed by atoms with Crippen LogP contribution in [0.2, 0.25) is 0 Å². The molecule has 6 nitrogen and oxygen atoms in total. The average molecular weight is 391 g/mol. The molecule has 0 radical (unpaired) electrons. The van der Waals surface area contributed by atoms with Crippen LogP contribution in [0.25, 0.3) is 0 Å². The molecule has 0 saturated carbocycles. The Balaban J connectivity index is 2.42. The van der Waals surface area contributed by atoms with E-state index in [4.69, 9.17) is 9.05 Å². The zero-order valence-electron chi connectivity index (χ0n) is 15.6. The molecule has 27 heavy (non-hydrogen) atoms. The second kappa shape index (κ2) is 10.3. The lowest BCUT2D eigenvalue weighted by atomic mass is 10.2. The molecule has 7 heteroatoms. The van der Waals surface area contributed by atoms with Gasteiger partial charge in [0.2, 0.25) is 0 Å². The molecule has 0 spiro atoms. The van der Waals surface area contributed by atoms with Crippen molar-refractivity contribution in [3.63, 3.8) is 0 Å². The predicted molar refractivity (Wildman–Crippen MR) is 106 cm³/mol. The normalized spacial score (nSPS) is 12.5. The minimum absolute atomic E-state index is 0.144. The molecule has 0 unspecified atom stereocenters. The van der Waals surface area contributed by atoms with Crippen LogP contribution >= 0.6 is 7.60 Å². The van der Waals surface area contributed by atoms with Gasteiger partial charge in [0.15, 0.2) is 5.78 Å². The fourth-order valence-electron chi connectivity index (χ4n) is 2.50. The predicted octanol–water partition coefficient (Wildman–Crippen LogP) is 5.54. The minimum Gasteiger partial charge on any atom is -0.478 e. The Labute approximate surface area is 160 Å². The molecule has 0 saturated heterocycles. The Morgan fingerprint density at radius 2 is 1.67 bits per heavy atom. The van der Waals surface area contributed by atoms with Gasteiger partial charge in [-0.25, -0.2) is 4.79 Å². The van der Waals surface area contributed by atoms with Gasteiger partial charge in [0.05, 0.1) is 18.8 Å². The largest absolute Gasteiger partial charge is 0.478 e. The Hall–Kier alpha value is -2.14. The minimum atomic E-state index is -3.55. The van der Waals surface area contributed by atoms with Crippen molar-refractivity contribution in [1.29, 1.82) is 0 Å². The van der Waals surface area contributed by atoms with Gasteiger partial charge in [0, 0.05) is 5.69 Å². The third kappa shape index (κ3) is 5.93. The summed E-state index contributed by atoms with van der Waals surface area (Å²) in [5.41, 5.74) is 1.42. The number of nitrogens with one attached hydrogen (secondary N) is 1. The maximum absolute atomic E-state index is 13.6. The zero-order chi connectivity index (χ0) is 19.7. The van der Waals surface area contributed by atoms with Gasteiger partial charge in [-0.3, -0.25) is 4.57 Å². The summed E-state index contributed by atoms with van der Waals surface area (Å²) >= 11 is 0. The number of aromatic carboxylic acids is 1. The molecule has 2 aromatic rings. The number of carboxylic acid groups (broad SMARTS) is 1. The quantitative estimate of drug-likeness (QED) is 0.489. The van der Waals surface area contributed by atoms with Crippen LogP contribution in [-0.4, -0.2) is 24.3 Å². The molecule has 2 aromatic carbocycles. The molecular formula is C20H26NO5P. The molecular weight excluding hydrogens is 365 g/mol. The van der Waals surface area contributed by atoms with Gasteiger partial charge in [-0.1, -0.05) is 50.2 Å². The van der Waals surface area contributed by atoms with Gasteiger partial charge in [0.1, 0.15) is 0 Å². The fraction of sp³-hybridized carbons (Fsp3) is 0.350. The second-order valence-electron chi connectivity index (χ2n) is 6.05. The molecule has 2 N–H and O–H groups in total. The van der Waals surface area contributed by atoms with Crippen LogP contribution in [0.1, 0.15) is 48.4 Å². The third-order valence-corrected chi connectivity index (χ3v) is 5.94. The van der Waals surface area contributed by atoms with Gasteiger partial charge in [-0.05, 0) is 36.6 Å². The molecule has 2 rings (SSSR count). The van der Waals surface area contributed by atoms with Crippen molar-refractivity contribution in [3.8, 4) is 0 Å². The van der Waals surface area contributed by atoms with E-state index in [2.05, 4.69) is 5.32 Å². The summed E-state index contributed by atoms with van der Waals surface area (Å²) < 4.78 is 25.0. The number of hydrogen-bond acceptors (Lipinski definition) is 5. The molecule has 146 valence electrons. The summed E-state index contributed by atoms with van der Waals surface area (Å²) in [6.07, 6.45) is 1.41. The van der Waals surface area contributed by atoms with Crippen LogP contribution in [0.4, 0.5) is 5.69 Å². The highest BCUT2D eigenvalue weighted by Crippen LogP contribution is 2.61. The highest BCUT2D eigenvalue weighted by atomic mass is 31.2. The lowest BCUT2D eigenvalue weighted by molar-refractivity contribution is 0.0697. The molecule has 0 aliphatic heterocycles. The van der Waals surface area contributed by atoms with Gasteiger partial charge >= 0.3 is 13.6 Å². The highest BCUT2D eigenvalue weighted by molar-refractivity contribution is 7.54. The SMILES string of the molecule is CCCOP(=O)(OCCC)[C@@H](Nc1cccc(C(=O)O)c1)c1ccccc1. The molecule has 0 bridgehead atoms. The van der Waals surface area contributed by atoms with E-state index in [0.29, 0.717) is 31.7 Å². The number of benzene rings is 2. The van der Waals surface area contributed by atoms with E-state index in [1.54, 1.807) is 12.1 Å². The zero-order valence-corrected chi connectivity index (χ0v) is 16.5. The van der Waals surface area contributed by atoms with E-state index < -0.39 is 19.3 Å². The van der Waals surface area contributed by atoms with Crippen molar-refractivity contribution in [2.24, 2.45) is 0 Å². The molecule has 0 aromatic heterocycles.